The Kier molecular flexibility index (Phi) is 4.23. The lowest BCUT2D eigenvalue weighted by Crippen LogP contribution is -2.41. The molecule has 0 amide bonds. The molecule has 3 rings (SSSR count). The molecule has 1 fully saturated rings. The van der Waals surface area contributed by atoms with Gasteiger partial charge in [-0.1, -0.05) is 25.2 Å². The summed E-state index contributed by atoms with van der Waals surface area (Å²) in [6.07, 6.45) is 10.2. The summed E-state index contributed by atoms with van der Waals surface area (Å²) in [5, 5.41) is 4.59. The number of aromatic nitrogens is 3. The zero-order valence-electron chi connectivity index (χ0n) is 14.7. The van der Waals surface area contributed by atoms with Crippen molar-refractivity contribution in [2.75, 3.05) is 0 Å². The Morgan fingerprint density at radius 1 is 1.26 bits per heavy atom. The molecule has 5 nitrogen and oxygen atoms in total. The molecule has 23 heavy (non-hydrogen) atoms. The van der Waals surface area contributed by atoms with Gasteiger partial charge in [-0.2, -0.15) is 5.10 Å². The van der Waals surface area contributed by atoms with E-state index in [9.17, 15) is 0 Å². The molecule has 6 heteroatoms. The van der Waals surface area contributed by atoms with Gasteiger partial charge in [0.2, 0.25) is 0 Å². The van der Waals surface area contributed by atoms with E-state index in [1.54, 1.807) is 0 Å². The largest absolute Gasteiger partial charge is 0.494 e. The van der Waals surface area contributed by atoms with Crippen LogP contribution in [0.3, 0.4) is 0 Å². The van der Waals surface area contributed by atoms with Gasteiger partial charge in [0.15, 0.2) is 5.82 Å². The van der Waals surface area contributed by atoms with Gasteiger partial charge in [-0.3, -0.25) is 4.68 Å². The Bertz CT molecular complexity index is 618. The van der Waals surface area contributed by atoms with Gasteiger partial charge in [0.25, 0.3) is 0 Å². The van der Waals surface area contributed by atoms with E-state index in [0.717, 1.165) is 30.7 Å². The molecule has 1 aliphatic heterocycles. The standard InChI is InChI=1S/C17H26BN3O2/c1-6-10-21-12-19-15(20-21)13-8-7-9-14(11-13)18-22-16(2,3)17(4,5)23-18/h7,9,11-13H,6,8,10H2,1-5H3. The zero-order chi connectivity index (χ0) is 16.7. The van der Waals surface area contributed by atoms with E-state index in [2.05, 4.69) is 62.9 Å². The molecule has 1 saturated heterocycles. The summed E-state index contributed by atoms with van der Waals surface area (Å²) in [5.41, 5.74) is 0.423. The van der Waals surface area contributed by atoms with Crippen LogP contribution in [-0.2, 0) is 15.9 Å². The molecule has 1 aromatic rings. The maximum Gasteiger partial charge on any atom is 0.494 e. The second-order valence-corrected chi connectivity index (χ2v) is 7.37. The van der Waals surface area contributed by atoms with Gasteiger partial charge < -0.3 is 9.31 Å². The predicted octanol–water partition coefficient (Wildman–Crippen LogP) is 3.29. The SMILES string of the molecule is CCCn1cnc(C2C=C(B3OC(C)(C)C(C)(C)O3)C=CC2)n1. The minimum Gasteiger partial charge on any atom is -0.399 e. The van der Waals surface area contributed by atoms with Gasteiger partial charge in [-0.15, -0.1) is 0 Å². The molecule has 0 bridgehead atoms. The van der Waals surface area contributed by atoms with E-state index in [1.807, 2.05) is 11.0 Å². The molecule has 0 radical (unpaired) electrons. The van der Waals surface area contributed by atoms with Crippen LogP contribution >= 0.6 is 0 Å². The summed E-state index contributed by atoms with van der Waals surface area (Å²) < 4.78 is 14.2. The lowest BCUT2D eigenvalue weighted by Gasteiger charge is -2.32. The highest BCUT2D eigenvalue weighted by atomic mass is 16.7. The molecule has 1 unspecified atom stereocenters. The van der Waals surface area contributed by atoms with Crippen LogP contribution in [0.1, 0.15) is 59.2 Å². The number of hydrogen-bond donors (Lipinski definition) is 0. The molecule has 0 aromatic carbocycles. The van der Waals surface area contributed by atoms with Gasteiger partial charge in [-0.05, 0) is 46.0 Å². The third-order valence-corrected chi connectivity index (χ3v) is 4.96. The molecular weight excluding hydrogens is 289 g/mol. The van der Waals surface area contributed by atoms with Crippen molar-refractivity contribution in [2.24, 2.45) is 0 Å². The molecule has 2 aliphatic rings. The van der Waals surface area contributed by atoms with Crippen LogP contribution in [0.15, 0.2) is 30.0 Å². The van der Waals surface area contributed by atoms with Gasteiger partial charge in [-0.25, -0.2) is 4.98 Å². The monoisotopic (exact) mass is 315 g/mol. The molecule has 1 aliphatic carbocycles. The first kappa shape index (κ1) is 16.5. The van der Waals surface area contributed by atoms with Crippen molar-refractivity contribution in [3.05, 3.63) is 35.9 Å². The molecule has 0 saturated carbocycles. The van der Waals surface area contributed by atoms with Crippen LogP contribution in [0.25, 0.3) is 0 Å². The van der Waals surface area contributed by atoms with E-state index in [-0.39, 0.29) is 24.2 Å². The zero-order valence-corrected chi connectivity index (χ0v) is 14.7. The molecular formula is C17H26BN3O2. The number of nitrogens with zero attached hydrogens (tertiary/aromatic N) is 3. The van der Waals surface area contributed by atoms with Crippen molar-refractivity contribution in [1.29, 1.82) is 0 Å². The van der Waals surface area contributed by atoms with E-state index < -0.39 is 0 Å². The summed E-state index contributed by atoms with van der Waals surface area (Å²) in [5.74, 6) is 1.06. The van der Waals surface area contributed by atoms with Gasteiger partial charge in [0, 0.05) is 12.5 Å². The van der Waals surface area contributed by atoms with Crippen molar-refractivity contribution < 1.29 is 9.31 Å². The van der Waals surface area contributed by atoms with Crippen molar-refractivity contribution >= 4 is 7.12 Å². The Labute approximate surface area is 138 Å². The summed E-state index contributed by atoms with van der Waals surface area (Å²) >= 11 is 0. The first-order valence-corrected chi connectivity index (χ1v) is 8.45. The number of allylic oxidation sites excluding steroid dienone is 4. The first-order valence-electron chi connectivity index (χ1n) is 8.45. The highest BCUT2D eigenvalue weighted by Gasteiger charge is 2.52. The fourth-order valence-electron chi connectivity index (χ4n) is 2.84. The quantitative estimate of drug-likeness (QED) is 0.800. The normalized spacial score (nSPS) is 25.7. The summed E-state index contributed by atoms with van der Waals surface area (Å²) in [4.78, 5) is 4.47. The van der Waals surface area contributed by atoms with Crippen LogP contribution in [0.2, 0.25) is 0 Å². The lowest BCUT2D eigenvalue weighted by atomic mass is 9.73. The fourth-order valence-corrected chi connectivity index (χ4v) is 2.84. The minimum absolute atomic E-state index is 0.187. The van der Waals surface area contributed by atoms with E-state index >= 15 is 0 Å². The van der Waals surface area contributed by atoms with Crippen LogP contribution in [0.5, 0.6) is 0 Å². The molecule has 124 valence electrons. The number of rotatable bonds is 4. The molecule has 2 heterocycles. The third-order valence-electron chi connectivity index (χ3n) is 4.96. The van der Waals surface area contributed by atoms with Crippen LogP contribution < -0.4 is 0 Å². The highest BCUT2D eigenvalue weighted by molar-refractivity contribution is 6.55. The maximum atomic E-state index is 6.14. The lowest BCUT2D eigenvalue weighted by molar-refractivity contribution is 0.00578. The predicted molar refractivity (Wildman–Crippen MR) is 91.0 cm³/mol. The van der Waals surface area contributed by atoms with Crippen LogP contribution in [0.4, 0.5) is 0 Å². The van der Waals surface area contributed by atoms with Gasteiger partial charge in [0.1, 0.15) is 6.33 Å². The average molecular weight is 315 g/mol. The van der Waals surface area contributed by atoms with E-state index in [4.69, 9.17) is 9.31 Å². The summed E-state index contributed by atoms with van der Waals surface area (Å²) in [7, 11) is -0.322. The summed E-state index contributed by atoms with van der Waals surface area (Å²) in [6.45, 7) is 11.3. The molecule has 1 aromatic heterocycles. The van der Waals surface area contributed by atoms with Crippen molar-refractivity contribution in [3.8, 4) is 0 Å². The second-order valence-electron chi connectivity index (χ2n) is 7.37. The number of hydrogen-bond acceptors (Lipinski definition) is 4. The Morgan fingerprint density at radius 2 is 1.96 bits per heavy atom. The fraction of sp³-hybridized carbons (Fsp3) is 0.647. The maximum absolute atomic E-state index is 6.14. The second kappa shape index (κ2) is 5.91. The first-order chi connectivity index (χ1) is 10.8. The highest BCUT2D eigenvalue weighted by Crippen LogP contribution is 2.40. The average Bonchev–Trinajstić information content (AvgIpc) is 3.03. The Hall–Kier alpha value is -1.40. The van der Waals surface area contributed by atoms with Gasteiger partial charge >= 0.3 is 7.12 Å². The van der Waals surface area contributed by atoms with Crippen molar-refractivity contribution in [2.45, 2.75) is 71.1 Å². The van der Waals surface area contributed by atoms with Crippen molar-refractivity contribution in [1.82, 2.24) is 14.8 Å². The molecule has 1 atom stereocenters. The third kappa shape index (κ3) is 3.15. The van der Waals surface area contributed by atoms with Gasteiger partial charge in [0.05, 0.1) is 11.2 Å². The van der Waals surface area contributed by atoms with E-state index in [1.165, 1.54) is 0 Å². The summed E-state index contributed by atoms with van der Waals surface area (Å²) in [6, 6.07) is 0. The van der Waals surface area contributed by atoms with Crippen LogP contribution in [0, 0.1) is 0 Å². The Balaban J connectivity index is 1.78. The number of aryl methyl sites for hydroxylation is 1. The van der Waals surface area contributed by atoms with Crippen LogP contribution in [-0.4, -0.2) is 33.1 Å². The molecule has 0 N–H and O–H groups in total. The molecule has 0 spiro atoms. The smallest absolute Gasteiger partial charge is 0.399 e. The van der Waals surface area contributed by atoms with Crippen molar-refractivity contribution in [3.63, 3.8) is 0 Å². The van der Waals surface area contributed by atoms with E-state index in [0.29, 0.717) is 0 Å². The minimum atomic E-state index is -0.322. The topological polar surface area (TPSA) is 49.2 Å². The Morgan fingerprint density at radius 3 is 2.61 bits per heavy atom.